The van der Waals surface area contributed by atoms with E-state index >= 15 is 0 Å². The van der Waals surface area contributed by atoms with Gasteiger partial charge in [0.15, 0.2) is 0 Å². The van der Waals surface area contributed by atoms with Crippen LogP contribution in [0.15, 0.2) is 24.3 Å². The van der Waals surface area contributed by atoms with Crippen LogP contribution >= 0.6 is 0 Å². The van der Waals surface area contributed by atoms with E-state index in [1.807, 2.05) is 7.05 Å². The summed E-state index contributed by atoms with van der Waals surface area (Å²) in [4.78, 5) is 0. The van der Waals surface area contributed by atoms with Gasteiger partial charge >= 0.3 is 6.36 Å². The molecule has 5 heteroatoms. The normalized spacial score (nSPS) is 23.6. The first-order valence-electron chi connectivity index (χ1n) is 6.00. The first kappa shape index (κ1) is 13.2. The van der Waals surface area contributed by atoms with Crippen LogP contribution in [0.5, 0.6) is 5.75 Å². The molecule has 1 fully saturated rings. The van der Waals surface area contributed by atoms with Gasteiger partial charge in [-0.15, -0.1) is 13.2 Å². The topological polar surface area (TPSA) is 21.3 Å². The number of halogens is 3. The fourth-order valence-electron chi connectivity index (χ4n) is 2.49. The quantitative estimate of drug-likeness (QED) is 0.895. The zero-order chi connectivity index (χ0) is 13.2. The van der Waals surface area contributed by atoms with E-state index in [9.17, 15) is 13.2 Å². The molecule has 0 bridgehead atoms. The summed E-state index contributed by atoms with van der Waals surface area (Å²) in [5, 5.41) is 3.07. The lowest BCUT2D eigenvalue weighted by Crippen LogP contribution is -2.33. The highest BCUT2D eigenvalue weighted by molar-refractivity contribution is 5.38. The van der Waals surface area contributed by atoms with Gasteiger partial charge in [0.05, 0.1) is 0 Å². The molecular weight excluding hydrogens is 243 g/mol. The van der Waals surface area contributed by atoms with Gasteiger partial charge in [-0.2, -0.15) is 0 Å². The third kappa shape index (κ3) is 2.96. The minimum atomic E-state index is -4.63. The standard InChI is InChI=1S/C13H16F3NO/c1-17-8-9-6-7-10(9)11-4-2-3-5-12(11)18-13(14,15)16/h2-5,9-10,17H,6-8H2,1H3. The molecule has 0 spiro atoms. The molecule has 0 radical (unpaired) electrons. The predicted molar refractivity (Wildman–Crippen MR) is 62.5 cm³/mol. The molecule has 0 heterocycles. The van der Waals surface area contributed by atoms with E-state index in [0.29, 0.717) is 11.5 Å². The molecule has 0 aromatic heterocycles. The summed E-state index contributed by atoms with van der Waals surface area (Å²) >= 11 is 0. The third-order valence-electron chi connectivity index (χ3n) is 3.43. The maximum atomic E-state index is 12.3. The average molecular weight is 259 g/mol. The Kier molecular flexibility index (Phi) is 3.80. The summed E-state index contributed by atoms with van der Waals surface area (Å²) in [7, 11) is 1.85. The molecule has 1 aliphatic rings. The van der Waals surface area contributed by atoms with Crippen molar-refractivity contribution in [2.45, 2.75) is 25.1 Å². The van der Waals surface area contributed by atoms with Gasteiger partial charge in [0, 0.05) is 0 Å². The summed E-state index contributed by atoms with van der Waals surface area (Å²) in [6.07, 6.45) is -2.66. The van der Waals surface area contributed by atoms with Crippen molar-refractivity contribution in [1.82, 2.24) is 5.32 Å². The second-order valence-corrected chi connectivity index (χ2v) is 4.59. The number of alkyl halides is 3. The molecule has 1 aromatic carbocycles. The lowest BCUT2D eigenvalue weighted by Gasteiger charge is -2.37. The maximum Gasteiger partial charge on any atom is 0.573 e. The van der Waals surface area contributed by atoms with Crippen LogP contribution in [0.4, 0.5) is 13.2 Å². The molecule has 2 rings (SSSR count). The molecule has 100 valence electrons. The molecular formula is C13H16F3NO. The fourth-order valence-corrected chi connectivity index (χ4v) is 2.49. The second-order valence-electron chi connectivity index (χ2n) is 4.59. The summed E-state index contributed by atoms with van der Waals surface area (Å²) in [6.45, 7) is 0.824. The van der Waals surface area contributed by atoms with Crippen molar-refractivity contribution in [3.8, 4) is 5.75 Å². The van der Waals surface area contributed by atoms with E-state index in [0.717, 1.165) is 19.4 Å². The van der Waals surface area contributed by atoms with Crippen LogP contribution in [0.2, 0.25) is 0 Å². The van der Waals surface area contributed by atoms with Crippen LogP contribution in [0.3, 0.4) is 0 Å². The van der Waals surface area contributed by atoms with Crippen LogP contribution in [0.25, 0.3) is 0 Å². The highest BCUT2D eigenvalue weighted by atomic mass is 19.4. The Morgan fingerprint density at radius 2 is 2.00 bits per heavy atom. The van der Waals surface area contributed by atoms with Crippen LogP contribution in [-0.4, -0.2) is 20.0 Å². The second kappa shape index (κ2) is 5.18. The van der Waals surface area contributed by atoms with Gasteiger partial charge in [-0.3, -0.25) is 0 Å². The van der Waals surface area contributed by atoms with Crippen molar-refractivity contribution in [2.75, 3.05) is 13.6 Å². The monoisotopic (exact) mass is 259 g/mol. The number of rotatable bonds is 4. The van der Waals surface area contributed by atoms with Gasteiger partial charge in [0.2, 0.25) is 0 Å². The molecule has 2 unspecified atom stereocenters. The molecule has 2 atom stereocenters. The number of para-hydroxylation sites is 1. The Hall–Kier alpha value is -1.23. The van der Waals surface area contributed by atoms with Crippen molar-refractivity contribution in [3.05, 3.63) is 29.8 Å². The van der Waals surface area contributed by atoms with Crippen LogP contribution in [0.1, 0.15) is 24.3 Å². The molecule has 1 N–H and O–H groups in total. The molecule has 18 heavy (non-hydrogen) atoms. The smallest absolute Gasteiger partial charge is 0.405 e. The zero-order valence-corrected chi connectivity index (χ0v) is 10.1. The largest absolute Gasteiger partial charge is 0.573 e. The first-order valence-corrected chi connectivity index (χ1v) is 6.00. The molecule has 1 saturated carbocycles. The number of benzene rings is 1. The lowest BCUT2D eigenvalue weighted by atomic mass is 9.69. The van der Waals surface area contributed by atoms with Crippen LogP contribution in [-0.2, 0) is 0 Å². The van der Waals surface area contributed by atoms with E-state index in [2.05, 4.69) is 10.1 Å². The Labute approximate surface area is 104 Å². The Balaban J connectivity index is 2.17. The number of ether oxygens (including phenoxy) is 1. The molecule has 1 aliphatic carbocycles. The summed E-state index contributed by atoms with van der Waals surface area (Å²) in [6, 6.07) is 6.44. The Morgan fingerprint density at radius 1 is 1.28 bits per heavy atom. The van der Waals surface area contributed by atoms with Gasteiger partial charge < -0.3 is 10.1 Å². The lowest BCUT2D eigenvalue weighted by molar-refractivity contribution is -0.275. The average Bonchev–Trinajstić information content (AvgIpc) is 2.25. The summed E-state index contributed by atoms with van der Waals surface area (Å²) in [5.41, 5.74) is 0.668. The third-order valence-corrected chi connectivity index (χ3v) is 3.43. The number of hydrogen-bond acceptors (Lipinski definition) is 2. The predicted octanol–water partition coefficient (Wildman–Crippen LogP) is 3.30. The van der Waals surface area contributed by atoms with Crippen LogP contribution in [0, 0.1) is 5.92 Å². The Bertz CT molecular complexity index is 405. The number of hydrogen-bond donors (Lipinski definition) is 1. The summed E-state index contributed by atoms with van der Waals surface area (Å²) in [5.74, 6) is 0.500. The molecule has 1 aromatic rings. The van der Waals surface area contributed by atoms with E-state index in [-0.39, 0.29) is 11.7 Å². The SMILES string of the molecule is CNCC1CCC1c1ccccc1OC(F)(F)F. The van der Waals surface area contributed by atoms with E-state index in [4.69, 9.17) is 0 Å². The van der Waals surface area contributed by atoms with E-state index in [1.165, 1.54) is 6.07 Å². The fraction of sp³-hybridized carbons (Fsp3) is 0.538. The van der Waals surface area contributed by atoms with Crippen molar-refractivity contribution in [1.29, 1.82) is 0 Å². The van der Waals surface area contributed by atoms with E-state index < -0.39 is 6.36 Å². The van der Waals surface area contributed by atoms with Crippen molar-refractivity contribution in [2.24, 2.45) is 5.92 Å². The maximum absolute atomic E-state index is 12.3. The minimum Gasteiger partial charge on any atom is -0.405 e. The highest BCUT2D eigenvalue weighted by Crippen LogP contribution is 2.46. The van der Waals surface area contributed by atoms with Gasteiger partial charge in [-0.05, 0) is 49.9 Å². The van der Waals surface area contributed by atoms with Gasteiger partial charge in [-0.1, -0.05) is 18.2 Å². The first-order chi connectivity index (χ1) is 8.51. The number of nitrogens with one attached hydrogen (secondary N) is 1. The summed E-state index contributed by atoms with van der Waals surface area (Å²) < 4.78 is 41.0. The molecule has 2 nitrogen and oxygen atoms in total. The van der Waals surface area contributed by atoms with Crippen molar-refractivity contribution >= 4 is 0 Å². The minimum absolute atomic E-state index is 0.0594. The van der Waals surface area contributed by atoms with Crippen LogP contribution < -0.4 is 10.1 Å². The van der Waals surface area contributed by atoms with Gasteiger partial charge in [0.1, 0.15) is 5.75 Å². The van der Waals surface area contributed by atoms with E-state index in [1.54, 1.807) is 18.2 Å². The molecule has 0 amide bonds. The van der Waals surface area contributed by atoms with Gasteiger partial charge in [0.25, 0.3) is 0 Å². The van der Waals surface area contributed by atoms with Crippen molar-refractivity contribution < 1.29 is 17.9 Å². The molecule has 0 aliphatic heterocycles. The van der Waals surface area contributed by atoms with Crippen molar-refractivity contribution in [3.63, 3.8) is 0 Å². The molecule has 0 saturated heterocycles. The zero-order valence-electron chi connectivity index (χ0n) is 10.1. The Morgan fingerprint density at radius 3 is 2.56 bits per heavy atom. The van der Waals surface area contributed by atoms with Gasteiger partial charge in [-0.25, -0.2) is 0 Å². The highest BCUT2D eigenvalue weighted by Gasteiger charge is 2.37.